The molecule has 2 aliphatic heterocycles. The van der Waals surface area contributed by atoms with Crippen LogP contribution in [0.4, 0.5) is 4.79 Å². The van der Waals surface area contributed by atoms with E-state index in [-0.39, 0.29) is 18.3 Å². The number of carbonyl (C=O) groups excluding carboxylic acids is 2. The molecule has 0 bridgehead atoms. The number of rotatable bonds is 0. The highest BCUT2D eigenvalue weighted by atomic mass is 16.6. The van der Waals surface area contributed by atoms with Crippen molar-refractivity contribution in [3.05, 3.63) is 24.0 Å². The summed E-state index contributed by atoms with van der Waals surface area (Å²) in [4.78, 5) is 23.7. The molecular formula is C9H9NO3. The molecule has 2 rings (SSSR count). The lowest BCUT2D eigenvalue weighted by Crippen LogP contribution is -2.39. The number of hydrogen-bond acceptors (Lipinski definition) is 3. The maximum atomic E-state index is 11.3. The number of hydrogen-bond donors (Lipinski definition) is 0. The van der Waals surface area contributed by atoms with Crippen molar-refractivity contribution >= 4 is 11.9 Å². The molecule has 13 heavy (non-hydrogen) atoms. The fourth-order valence-corrected chi connectivity index (χ4v) is 1.34. The van der Waals surface area contributed by atoms with Crippen molar-refractivity contribution in [1.82, 2.24) is 4.90 Å². The molecule has 4 nitrogen and oxygen atoms in total. The van der Waals surface area contributed by atoms with E-state index in [9.17, 15) is 9.59 Å². The number of nitrogens with zero attached hydrogens (tertiary/aromatic N) is 1. The average Bonchev–Trinajstić information content (AvgIpc) is 2.12. The van der Waals surface area contributed by atoms with E-state index in [1.807, 2.05) is 13.0 Å². The fourth-order valence-electron chi connectivity index (χ4n) is 1.34. The van der Waals surface area contributed by atoms with Gasteiger partial charge < -0.3 is 4.74 Å². The highest BCUT2D eigenvalue weighted by Gasteiger charge is 2.31. The van der Waals surface area contributed by atoms with Crippen LogP contribution in [0, 0.1) is 5.92 Å². The Labute approximate surface area is 75.5 Å². The highest BCUT2D eigenvalue weighted by Crippen LogP contribution is 2.21. The van der Waals surface area contributed by atoms with Gasteiger partial charge in [0.2, 0.25) is 5.78 Å². The summed E-state index contributed by atoms with van der Waals surface area (Å²) >= 11 is 0. The van der Waals surface area contributed by atoms with Crippen LogP contribution in [0.15, 0.2) is 24.0 Å². The molecule has 1 fully saturated rings. The first-order chi connectivity index (χ1) is 6.18. The molecule has 0 spiro atoms. The minimum atomic E-state index is -0.478. The number of ether oxygens (including phenoxy) is 1. The number of cyclic esters (lactones) is 1. The molecule has 0 aromatic rings. The Hall–Kier alpha value is -1.58. The molecule has 1 amide bonds. The number of fused-ring (bicyclic) bond motifs is 1. The van der Waals surface area contributed by atoms with Gasteiger partial charge in [-0.3, -0.25) is 9.69 Å². The molecule has 0 N–H and O–H groups in total. The van der Waals surface area contributed by atoms with E-state index in [4.69, 9.17) is 0 Å². The van der Waals surface area contributed by atoms with Crippen LogP contribution < -0.4 is 0 Å². The van der Waals surface area contributed by atoms with Crippen LogP contribution in [0.5, 0.6) is 0 Å². The first-order valence-corrected chi connectivity index (χ1v) is 4.08. The summed E-state index contributed by atoms with van der Waals surface area (Å²) < 4.78 is 4.64. The molecule has 0 aromatic carbocycles. The number of carbonyl (C=O) groups is 2. The van der Waals surface area contributed by atoms with Gasteiger partial charge in [0.25, 0.3) is 0 Å². The molecule has 0 aliphatic carbocycles. The van der Waals surface area contributed by atoms with Crippen molar-refractivity contribution in [1.29, 1.82) is 0 Å². The summed E-state index contributed by atoms with van der Waals surface area (Å²) in [6.07, 6.45) is 4.71. The summed E-state index contributed by atoms with van der Waals surface area (Å²) in [6, 6.07) is 0. The van der Waals surface area contributed by atoms with Crippen molar-refractivity contribution in [2.45, 2.75) is 6.92 Å². The summed E-state index contributed by atoms with van der Waals surface area (Å²) in [7, 11) is 0. The molecule has 4 heteroatoms. The summed E-state index contributed by atoms with van der Waals surface area (Å²) in [5.41, 5.74) is 0.436. The molecule has 0 saturated carbocycles. The second kappa shape index (κ2) is 2.73. The van der Waals surface area contributed by atoms with E-state index in [0.29, 0.717) is 5.70 Å². The Kier molecular flexibility index (Phi) is 1.69. The lowest BCUT2D eigenvalue weighted by molar-refractivity contribution is -0.121. The van der Waals surface area contributed by atoms with Crippen molar-refractivity contribution < 1.29 is 14.3 Å². The van der Waals surface area contributed by atoms with E-state index in [1.165, 1.54) is 4.90 Å². The smallest absolute Gasteiger partial charge is 0.419 e. The average molecular weight is 179 g/mol. The van der Waals surface area contributed by atoms with Crippen LogP contribution in [0.1, 0.15) is 6.92 Å². The van der Waals surface area contributed by atoms with Gasteiger partial charge in [0.05, 0.1) is 5.70 Å². The molecule has 2 aliphatic rings. The third kappa shape index (κ3) is 1.24. The van der Waals surface area contributed by atoms with Crippen molar-refractivity contribution in [3.63, 3.8) is 0 Å². The third-order valence-corrected chi connectivity index (χ3v) is 2.03. The number of allylic oxidation sites excluding steroid dienone is 2. The normalized spacial score (nSPS) is 26.7. The van der Waals surface area contributed by atoms with Crippen molar-refractivity contribution in [3.8, 4) is 0 Å². The Bertz CT molecular complexity index is 330. The number of ketones is 1. The predicted octanol–water partition coefficient (Wildman–Crippen LogP) is 1.05. The van der Waals surface area contributed by atoms with Gasteiger partial charge in [-0.25, -0.2) is 4.79 Å². The van der Waals surface area contributed by atoms with Crippen LogP contribution >= 0.6 is 0 Å². The summed E-state index contributed by atoms with van der Waals surface area (Å²) in [5.74, 6) is 0.0527. The second-order valence-electron chi connectivity index (χ2n) is 3.10. The van der Waals surface area contributed by atoms with Crippen LogP contribution in [-0.2, 0) is 9.53 Å². The Balaban J connectivity index is 2.36. The predicted molar refractivity (Wildman–Crippen MR) is 44.6 cm³/mol. The maximum absolute atomic E-state index is 11.3. The molecule has 68 valence electrons. The largest absolute Gasteiger partial charge is 0.440 e. The standard InChI is InChI=1S/C9H9NO3/c1-6-2-3-10-7(4-6)8(11)5-13-9(10)12/h2-4,6H,5H2,1H3. The highest BCUT2D eigenvalue weighted by molar-refractivity contribution is 6.02. The SMILES string of the molecule is CC1C=CN2C(=O)OCC(=O)C2=C1. The van der Waals surface area contributed by atoms with Gasteiger partial charge in [0.1, 0.15) is 0 Å². The zero-order chi connectivity index (χ0) is 9.42. The van der Waals surface area contributed by atoms with E-state index in [1.54, 1.807) is 12.3 Å². The van der Waals surface area contributed by atoms with Gasteiger partial charge in [-0.1, -0.05) is 13.0 Å². The zero-order valence-electron chi connectivity index (χ0n) is 7.19. The van der Waals surface area contributed by atoms with Gasteiger partial charge in [0, 0.05) is 6.20 Å². The van der Waals surface area contributed by atoms with Crippen molar-refractivity contribution in [2.24, 2.45) is 5.92 Å². The van der Waals surface area contributed by atoms with Gasteiger partial charge in [-0.2, -0.15) is 0 Å². The lowest BCUT2D eigenvalue weighted by atomic mass is 10.0. The van der Waals surface area contributed by atoms with E-state index in [2.05, 4.69) is 4.74 Å². The Morgan fingerprint density at radius 3 is 3.08 bits per heavy atom. The number of amides is 1. The van der Waals surface area contributed by atoms with Crippen LogP contribution in [-0.4, -0.2) is 23.4 Å². The van der Waals surface area contributed by atoms with Gasteiger partial charge in [-0.05, 0) is 12.0 Å². The third-order valence-electron chi connectivity index (χ3n) is 2.03. The zero-order valence-corrected chi connectivity index (χ0v) is 7.19. The minimum absolute atomic E-state index is 0.137. The van der Waals surface area contributed by atoms with Crippen LogP contribution in [0.3, 0.4) is 0 Å². The molecule has 0 radical (unpaired) electrons. The summed E-state index contributed by atoms with van der Waals surface area (Å²) in [5, 5.41) is 0. The summed E-state index contributed by atoms with van der Waals surface area (Å²) in [6.45, 7) is 1.82. The van der Waals surface area contributed by atoms with E-state index < -0.39 is 6.09 Å². The number of Topliss-reactive ketones (excluding diaryl/α,β-unsaturated/α-hetero) is 1. The second-order valence-corrected chi connectivity index (χ2v) is 3.10. The van der Waals surface area contributed by atoms with Crippen LogP contribution in [0.2, 0.25) is 0 Å². The minimum Gasteiger partial charge on any atom is -0.440 e. The lowest BCUT2D eigenvalue weighted by Gasteiger charge is -2.28. The van der Waals surface area contributed by atoms with Gasteiger partial charge >= 0.3 is 6.09 Å². The monoisotopic (exact) mass is 179 g/mol. The molecule has 1 unspecified atom stereocenters. The molecule has 2 heterocycles. The topological polar surface area (TPSA) is 46.6 Å². The molecule has 0 aromatic heterocycles. The molecule has 1 saturated heterocycles. The molecule has 1 atom stereocenters. The molecular weight excluding hydrogens is 170 g/mol. The first-order valence-electron chi connectivity index (χ1n) is 4.08. The van der Waals surface area contributed by atoms with Gasteiger partial charge in [0.15, 0.2) is 6.61 Å². The van der Waals surface area contributed by atoms with Crippen molar-refractivity contribution in [2.75, 3.05) is 6.61 Å². The Morgan fingerprint density at radius 2 is 2.31 bits per heavy atom. The fraction of sp³-hybridized carbons (Fsp3) is 0.333. The Morgan fingerprint density at radius 1 is 1.54 bits per heavy atom. The van der Waals surface area contributed by atoms with Crippen LogP contribution in [0.25, 0.3) is 0 Å². The van der Waals surface area contributed by atoms with Gasteiger partial charge in [-0.15, -0.1) is 0 Å². The van der Waals surface area contributed by atoms with E-state index >= 15 is 0 Å². The first kappa shape index (κ1) is 8.04. The maximum Gasteiger partial charge on any atom is 0.419 e. The van der Waals surface area contributed by atoms with E-state index in [0.717, 1.165) is 0 Å². The quantitative estimate of drug-likeness (QED) is 0.558.